The fourth-order valence-electron chi connectivity index (χ4n) is 2.62. The Hall–Kier alpha value is -2.44. The van der Waals surface area contributed by atoms with Crippen LogP contribution in [0.2, 0.25) is 0 Å². The maximum atomic E-state index is 12.4. The molecule has 2 heterocycles. The van der Waals surface area contributed by atoms with Crippen molar-refractivity contribution < 1.29 is 4.79 Å². The summed E-state index contributed by atoms with van der Waals surface area (Å²) >= 11 is 0. The lowest BCUT2D eigenvalue weighted by Crippen LogP contribution is -2.27. The molecule has 0 saturated carbocycles. The van der Waals surface area contributed by atoms with Crippen LogP contribution in [0.15, 0.2) is 6.07 Å². The Morgan fingerprint density at radius 2 is 2.19 bits per heavy atom. The number of nitrogens with zero attached hydrogens (tertiary/aromatic N) is 3. The van der Waals surface area contributed by atoms with E-state index < -0.39 is 0 Å². The maximum Gasteiger partial charge on any atom is 0.270 e. The zero-order valence-corrected chi connectivity index (χ0v) is 11.9. The molecule has 1 amide bonds. The van der Waals surface area contributed by atoms with Crippen molar-refractivity contribution in [3.8, 4) is 0 Å². The van der Waals surface area contributed by atoms with Gasteiger partial charge < -0.3 is 11.1 Å². The first-order chi connectivity index (χ1) is 10.1. The van der Waals surface area contributed by atoms with E-state index >= 15 is 0 Å². The van der Waals surface area contributed by atoms with Gasteiger partial charge in [-0.1, -0.05) is 0 Å². The minimum Gasteiger partial charge on any atom is -0.368 e. The van der Waals surface area contributed by atoms with Gasteiger partial charge in [0, 0.05) is 17.0 Å². The van der Waals surface area contributed by atoms with Crippen molar-refractivity contribution in [2.45, 2.75) is 39.2 Å². The number of anilines is 1. The highest BCUT2D eigenvalue weighted by molar-refractivity contribution is 5.94. The average Bonchev–Trinajstić information content (AvgIpc) is 2.89. The molecule has 110 valence electrons. The minimum atomic E-state index is -0.220. The second-order valence-electron chi connectivity index (χ2n) is 5.29. The van der Waals surface area contributed by atoms with E-state index in [4.69, 9.17) is 5.73 Å². The Balaban J connectivity index is 1.79. The summed E-state index contributed by atoms with van der Waals surface area (Å²) in [5.41, 5.74) is 9.72. The third-order valence-corrected chi connectivity index (χ3v) is 3.60. The van der Waals surface area contributed by atoms with E-state index in [0.29, 0.717) is 12.2 Å². The number of fused-ring (bicyclic) bond motifs is 1. The Kier molecular flexibility index (Phi) is 3.55. The normalized spacial score (nSPS) is 13.8. The molecule has 2 aromatic heterocycles. The standard InChI is InChI=1S/C14H18N6O/c1-8-6-9(20-19-8)7-16-13(21)12-10-4-2-3-5-11(10)17-14(15)18-12/h6H,2-5,7H2,1H3,(H,16,21)(H,19,20)(H2,15,17,18). The van der Waals surface area contributed by atoms with Crippen molar-refractivity contribution in [1.82, 2.24) is 25.5 Å². The number of aromatic nitrogens is 4. The molecule has 0 radical (unpaired) electrons. The number of amides is 1. The van der Waals surface area contributed by atoms with Crippen LogP contribution in [0.1, 0.15) is 46.0 Å². The smallest absolute Gasteiger partial charge is 0.270 e. The summed E-state index contributed by atoms with van der Waals surface area (Å²) in [6, 6.07) is 1.89. The van der Waals surface area contributed by atoms with Crippen molar-refractivity contribution in [1.29, 1.82) is 0 Å². The number of carbonyl (C=O) groups excluding carboxylic acids is 1. The number of rotatable bonds is 3. The third kappa shape index (κ3) is 2.86. The van der Waals surface area contributed by atoms with E-state index in [0.717, 1.165) is 48.3 Å². The summed E-state index contributed by atoms with van der Waals surface area (Å²) in [5.74, 6) is -0.0562. The van der Waals surface area contributed by atoms with E-state index in [2.05, 4.69) is 25.5 Å². The largest absolute Gasteiger partial charge is 0.368 e. The first-order valence-corrected chi connectivity index (χ1v) is 7.08. The van der Waals surface area contributed by atoms with Gasteiger partial charge in [-0.25, -0.2) is 9.97 Å². The van der Waals surface area contributed by atoms with Crippen LogP contribution in [0.3, 0.4) is 0 Å². The van der Waals surface area contributed by atoms with Gasteiger partial charge in [0.05, 0.1) is 12.2 Å². The summed E-state index contributed by atoms with van der Waals surface area (Å²) in [7, 11) is 0. The van der Waals surface area contributed by atoms with Crippen LogP contribution < -0.4 is 11.1 Å². The molecule has 7 heteroatoms. The van der Waals surface area contributed by atoms with Gasteiger partial charge in [-0.05, 0) is 38.7 Å². The maximum absolute atomic E-state index is 12.4. The van der Waals surface area contributed by atoms with Gasteiger partial charge in [-0.15, -0.1) is 0 Å². The molecule has 3 rings (SSSR count). The van der Waals surface area contributed by atoms with Crippen LogP contribution in [-0.2, 0) is 19.4 Å². The zero-order chi connectivity index (χ0) is 14.8. The van der Waals surface area contributed by atoms with E-state index in [1.165, 1.54) is 0 Å². The SMILES string of the molecule is Cc1cc(CNC(=O)c2nc(N)nc3c2CCCC3)n[nH]1. The van der Waals surface area contributed by atoms with Gasteiger partial charge in [0.1, 0.15) is 5.69 Å². The van der Waals surface area contributed by atoms with Crippen LogP contribution in [0.25, 0.3) is 0 Å². The number of aromatic amines is 1. The summed E-state index contributed by atoms with van der Waals surface area (Å²) in [6.45, 7) is 2.28. The average molecular weight is 286 g/mol. The van der Waals surface area contributed by atoms with Crippen molar-refractivity contribution in [3.05, 3.63) is 34.4 Å². The Morgan fingerprint density at radius 1 is 1.38 bits per heavy atom. The number of H-pyrrole nitrogens is 1. The summed E-state index contributed by atoms with van der Waals surface area (Å²) in [5, 5.41) is 9.77. The summed E-state index contributed by atoms with van der Waals surface area (Å²) in [4.78, 5) is 20.7. The number of nitrogen functional groups attached to an aromatic ring is 1. The van der Waals surface area contributed by atoms with Crippen LogP contribution in [0.4, 0.5) is 5.95 Å². The summed E-state index contributed by atoms with van der Waals surface area (Å²) in [6.07, 6.45) is 3.83. The van der Waals surface area contributed by atoms with Gasteiger partial charge in [0.25, 0.3) is 5.91 Å². The molecule has 0 aliphatic heterocycles. The molecule has 4 N–H and O–H groups in total. The summed E-state index contributed by atoms with van der Waals surface area (Å²) < 4.78 is 0. The fraction of sp³-hybridized carbons (Fsp3) is 0.429. The van der Waals surface area contributed by atoms with Crippen molar-refractivity contribution in [2.24, 2.45) is 0 Å². The Labute approximate surface area is 122 Å². The van der Waals surface area contributed by atoms with E-state index in [-0.39, 0.29) is 11.9 Å². The topological polar surface area (TPSA) is 110 Å². The first kappa shape index (κ1) is 13.5. The monoisotopic (exact) mass is 286 g/mol. The van der Waals surface area contributed by atoms with Gasteiger partial charge in [-0.2, -0.15) is 5.10 Å². The molecule has 1 aliphatic carbocycles. The second kappa shape index (κ2) is 5.51. The van der Waals surface area contributed by atoms with Gasteiger partial charge in [0.2, 0.25) is 5.95 Å². The first-order valence-electron chi connectivity index (χ1n) is 7.08. The quantitative estimate of drug-likeness (QED) is 0.776. The van der Waals surface area contributed by atoms with Crippen molar-refractivity contribution in [2.75, 3.05) is 5.73 Å². The molecule has 0 aromatic carbocycles. The highest BCUT2D eigenvalue weighted by Gasteiger charge is 2.21. The molecule has 1 aliphatic rings. The number of nitrogens with two attached hydrogens (primary N) is 1. The minimum absolute atomic E-state index is 0.163. The highest BCUT2D eigenvalue weighted by atomic mass is 16.1. The van der Waals surface area contributed by atoms with Gasteiger partial charge in [0.15, 0.2) is 0 Å². The lowest BCUT2D eigenvalue weighted by Gasteiger charge is -2.17. The molecule has 0 unspecified atom stereocenters. The molecular formula is C14H18N6O. The Bertz CT molecular complexity index is 678. The van der Waals surface area contributed by atoms with Gasteiger partial charge in [-0.3, -0.25) is 9.89 Å². The molecule has 0 atom stereocenters. The highest BCUT2D eigenvalue weighted by Crippen LogP contribution is 2.22. The third-order valence-electron chi connectivity index (χ3n) is 3.60. The molecular weight excluding hydrogens is 268 g/mol. The Morgan fingerprint density at radius 3 is 2.95 bits per heavy atom. The lowest BCUT2D eigenvalue weighted by molar-refractivity contribution is 0.0944. The zero-order valence-electron chi connectivity index (χ0n) is 11.9. The molecule has 21 heavy (non-hydrogen) atoms. The molecule has 2 aromatic rings. The molecule has 0 bridgehead atoms. The molecule has 0 fully saturated rings. The molecule has 0 spiro atoms. The molecule has 0 saturated heterocycles. The van der Waals surface area contributed by atoms with Crippen LogP contribution in [-0.4, -0.2) is 26.1 Å². The number of aryl methyl sites for hydroxylation is 2. The predicted octanol–water partition coefficient (Wildman–Crippen LogP) is 0.899. The van der Waals surface area contributed by atoms with Crippen LogP contribution >= 0.6 is 0 Å². The lowest BCUT2D eigenvalue weighted by atomic mass is 9.94. The fourth-order valence-corrected chi connectivity index (χ4v) is 2.62. The van der Waals surface area contributed by atoms with E-state index in [1.54, 1.807) is 0 Å². The number of hydrogen-bond donors (Lipinski definition) is 3. The number of carbonyl (C=O) groups is 1. The number of hydrogen-bond acceptors (Lipinski definition) is 5. The second-order valence-corrected chi connectivity index (χ2v) is 5.29. The van der Waals surface area contributed by atoms with Crippen molar-refractivity contribution in [3.63, 3.8) is 0 Å². The van der Waals surface area contributed by atoms with Crippen LogP contribution in [0, 0.1) is 6.92 Å². The van der Waals surface area contributed by atoms with E-state index in [1.807, 2.05) is 13.0 Å². The van der Waals surface area contributed by atoms with Crippen molar-refractivity contribution >= 4 is 11.9 Å². The van der Waals surface area contributed by atoms with E-state index in [9.17, 15) is 4.79 Å². The van der Waals surface area contributed by atoms with Gasteiger partial charge >= 0.3 is 0 Å². The predicted molar refractivity (Wildman–Crippen MR) is 77.6 cm³/mol. The van der Waals surface area contributed by atoms with Crippen LogP contribution in [0.5, 0.6) is 0 Å². The number of nitrogens with one attached hydrogen (secondary N) is 2. The molecule has 7 nitrogen and oxygen atoms in total.